The zero-order chi connectivity index (χ0) is 10.8. The van der Waals surface area contributed by atoms with Crippen molar-refractivity contribution < 1.29 is 9.53 Å². The number of rotatable bonds is 3. The van der Waals surface area contributed by atoms with Crippen LogP contribution in [0.1, 0.15) is 48.4 Å². The molecule has 0 bridgehead atoms. The number of esters is 1. The first-order chi connectivity index (χ1) is 7.24. The number of nitrogens with zero attached hydrogens (tertiary/aromatic N) is 2. The lowest BCUT2D eigenvalue weighted by atomic mass is 9.93. The van der Waals surface area contributed by atoms with Gasteiger partial charge in [-0.2, -0.15) is 0 Å². The fraction of sp³-hybridized carbons (Fsp3) is 0.636. The first kappa shape index (κ1) is 10.2. The van der Waals surface area contributed by atoms with Crippen molar-refractivity contribution >= 4 is 5.97 Å². The van der Waals surface area contributed by atoms with Crippen molar-refractivity contribution in [3.05, 3.63) is 17.7 Å². The third kappa shape index (κ3) is 1.76. The second kappa shape index (κ2) is 4.04. The first-order valence-electron chi connectivity index (χ1n) is 5.44. The second-order valence-electron chi connectivity index (χ2n) is 3.89. The van der Waals surface area contributed by atoms with Crippen LogP contribution in [0.2, 0.25) is 0 Å². The van der Waals surface area contributed by atoms with E-state index in [4.69, 9.17) is 4.74 Å². The van der Waals surface area contributed by atoms with E-state index in [2.05, 4.69) is 4.98 Å². The lowest BCUT2D eigenvalue weighted by Crippen LogP contribution is -2.22. The Morgan fingerprint density at radius 1 is 1.67 bits per heavy atom. The van der Waals surface area contributed by atoms with Crippen LogP contribution < -0.4 is 0 Å². The maximum Gasteiger partial charge on any atom is 0.356 e. The van der Waals surface area contributed by atoms with Gasteiger partial charge in [0.15, 0.2) is 5.69 Å². The molecule has 1 heterocycles. The van der Waals surface area contributed by atoms with E-state index in [0.717, 1.165) is 18.5 Å². The van der Waals surface area contributed by atoms with Crippen molar-refractivity contribution in [2.45, 2.75) is 39.2 Å². The summed E-state index contributed by atoms with van der Waals surface area (Å²) in [5.41, 5.74) is 1.39. The Kier molecular flexibility index (Phi) is 2.75. The van der Waals surface area contributed by atoms with Crippen molar-refractivity contribution in [3.8, 4) is 0 Å². The van der Waals surface area contributed by atoms with Crippen molar-refractivity contribution in [3.63, 3.8) is 0 Å². The summed E-state index contributed by atoms with van der Waals surface area (Å²) in [5.74, 6) is -0.251. The highest BCUT2D eigenvalue weighted by molar-refractivity contribution is 5.88. The molecule has 0 saturated heterocycles. The summed E-state index contributed by atoms with van der Waals surface area (Å²) < 4.78 is 7.00. The number of ether oxygens (including phenoxy) is 1. The standard InChI is InChI=1S/C11H16N2O2/c1-3-15-11(14)10-8(2)12-7-13(10)9-5-4-6-9/h7,9H,3-6H2,1-2H3. The van der Waals surface area contributed by atoms with E-state index in [1.54, 1.807) is 6.33 Å². The molecule has 0 aromatic carbocycles. The van der Waals surface area contributed by atoms with E-state index in [1.165, 1.54) is 6.42 Å². The van der Waals surface area contributed by atoms with Gasteiger partial charge in [0.25, 0.3) is 0 Å². The fourth-order valence-corrected chi connectivity index (χ4v) is 1.85. The Morgan fingerprint density at radius 2 is 2.40 bits per heavy atom. The van der Waals surface area contributed by atoms with E-state index in [0.29, 0.717) is 18.3 Å². The molecule has 0 atom stereocenters. The van der Waals surface area contributed by atoms with E-state index in [1.807, 2.05) is 18.4 Å². The summed E-state index contributed by atoms with van der Waals surface area (Å²) in [6, 6.07) is 0.450. The molecule has 0 spiro atoms. The van der Waals surface area contributed by atoms with Gasteiger partial charge in [0.2, 0.25) is 0 Å². The monoisotopic (exact) mass is 208 g/mol. The zero-order valence-electron chi connectivity index (χ0n) is 9.19. The molecule has 2 rings (SSSR count). The van der Waals surface area contributed by atoms with Crippen LogP contribution in [0.3, 0.4) is 0 Å². The highest BCUT2D eigenvalue weighted by atomic mass is 16.5. The molecule has 1 fully saturated rings. The maximum absolute atomic E-state index is 11.7. The van der Waals surface area contributed by atoms with E-state index >= 15 is 0 Å². The number of carbonyl (C=O) groups excluding carboxylic acids is 1. The molecule has 4 heteroatoms. The molecule has 1 aliphatic carbocycles. The Morgan fingerprint density at radius 3 is 2.93 bits per heavy atom. The topological polar surface area (TPSA) is 44.1 Å². The molecule has 1 aliphatic rings. The third-order valence-corrected chi connectivity index (χ3v) is 2.91. The van der Waals surface area contributed by atoms with Crippen molar-refractivity contribution in [2.24, 2.45) is 0 Å². The minimum absolute atomic E-state index is 0.251. The predicted octanol–water partition coefficient (Wildman–Crippen LogP) is 2.09. The molecular formula is C11H16N2O2. The van der Waals surface area contributed by atoms with E-state index in [9.17, 15) is 4.79 Å². The average Bonchev–Trinajstić information content (AvgIpc) is 2.45. The van der Waals surface area contributed by atoms with Gasteiger partial charge in [0.1, 0.15) is 0 Å². The maximum atomic E-state index is 11.7. The largest absolute Gasteiger partial charge is 0.461 e. The normalized spacial score (nSPS) is 16.1. The number of hydrogen-bond acceptors (Lipinski definition) is 3. The predicted molar refractivity (Wildman–Crippen MR) is 55.8 cm³/mol. The Bertz CT molecular complexity index is 367. The third-order valence-electron chi connectivity index (χ3n) is 2.91. The summed E-state index contributed by atoms with van der Waals surface area (Å²) in [5, 5.41) is 0. The molecular weight excluding hydrogens is 192 g/mol. The molecule has 1 aromatic rings. The molecule has 82 valence electrons. The lowest BCUT2D eigenvalue weighted by Gasteiger charge is -2.28. The van der Waals surface area contributed by atoms with Crippen LogP contribution >= 0.6 is 0 Å². The van der Waals surface area contributed by atoms with Gasteiger partial charge in [0, 0.05) is 6.04 Å². The first-order valence-corrected chi connectivity index (χ1v) is 5.44. The van der Waals surface area contributed by atoms with Crippen LogP contribution in [-0.4, -0.2) is 22.1 Å². The molecule has 4 nitrogen and oxygen atoms in total. The van der Waals surface area contributed by atoms with Crippen LogP contribution in [-0.2, 0) is 4.74 Å². The van der Waals surface area contributed by atoms with Crippen LogP contribution in [0.15, 0.2) is 6.33 Å². The van der Waals surface area contributed by atoms with Gasteiger partial charge in [-0.05, 0) is 33.1 Å². The Balaban J connectivity index is 2.26. The Labute approximate surface area is 89.3 Å². The van der Waals surface area contributed by atoms with Gasteiger partial charge < -0.3 is 9.30 Å². The number of aromatic nitrogens is 2. The minimum atomic E-state index is -0.251. The number of hydrogen-bond donors (Lipinski definition) is 0. The van der Waals surface area contributed by atoms with Gasteiger partial charge in [-0.1, -0.05) is 0 Å². The van der Waals surface area contributed by atoms with Crippen LogP contribution in [0, 0.1) is 6.92 Å². The molecule has 15 heavy (non-hydrogen) atoms. The van der Waals surface area contributed by atoms with Gasteiger partial charge in [-0.15, -0.1) is 0 Å². The van der Waals surface area contributed by atoms with E-state index < -0.39 is 0 Å². The minimum Gasteiger partial charge on any atom is -0.461 e. The smallest absolute Gasteiger partial charge is 0.356 e. The van der Waals surface area contributed by atoms with E-state index in [-0.39, 0.29) is 5.97 Å². The molecule has 0 radical (unpaired) electrons. The summed E-state index contributed by atoms with van der Waals surface area (Å²) >= 11 is 0. The average molecular weight is 208 g/mol. The van der Waals surface area contributed by atoms with Crippen LogP contribution in [0.4, 0.5) is 0 Å². The highest BCUT2D eigenvalue weighted by Gasteiger charge is 2.26. The number of carbonyl (C=O) groups is 1. The molecule has 0 amide bonds. The Hall–Kier alpha value is -1.32. The van der Waals surface area contributed by atoms with Gasteiger partial charge >= 0.3 is 5.97 Å². The lowest BCUT2D eigenvalue weighted by molar-refractivity contribution is 0.0506. The molecule has 0 unspecified atom stereocenters. The van der Waals surface area contributed by atoms with Crippen LogP contribution in [0.25, 0.3) is 0 Å². The summed E-state index contributed by atoms with van der Waals surface area (Å²) in [6.45, 7) is 4.08. The molecule has 1 saturated carbocycles. The van der Waals surface area contributed by atoms with Gasteiger partial charge in [-0.3, -0.25) is 0 Å². The van der Waals surface area contributed by atoms with Crippen LogP contribution in [0.5, 0.6) is 0 Å². The second-order valence-corrected chi connectivity index (χ2v) is 3.89. The molecule has 0 aliphatic heterocycles. The highest BCUT2D eigenvalue weighted by Crippen LogP contribution is 2.33. The molecule has 1 aromatic heterocycles. The van der Waals surface area contributed by atoms with Crippen molar-refractivity contribution in [1.82, 2.24) is 9.55 Å². The number of imidazole rings is 1. The number of aryl methyl sites for hydroxylation is 1. The van der Waals surface area contributed by atoms with Crippen molar-refractivity contribution in [2.75, 3.05) is 6.61 Å². The van der Waals surface area contributed by atoms with Gasteiger partial charge in [-0.25, -0.2) is 9.78 Å². The van der Waals surface area contributed by atoms with Gasteiger partial charge in [0.05, 0.1) is 18.6 Å². The summed E-state index contributed by atoms with van der Waals surface area (Å²) in [4.78, 5) is 15.9. The SMILES string of the molecule is CCOC(=O)c1c(C)ncn1C1CCC1. The molecule has 0 N–H and O–H groups in total. The quantitative estimate of drug-likeness (QED) is 0.714. The summed E-state index contributed by atoms with van der Waals surface area (Å²) in [7, 11) is 0. The zero-order valence-corrected chi connectivity index (χ0v) is 9.19. The van der Waals surface area contributed by atoms with Crippen molar-refractivity contribution in [1.29, 1.82) is 0 Å². The summed E-state index contributed by atoms with van der Waals surface area (Å²) in [6.07, 6.45) is 5.28. The fourth-order valence-electron chi connectivity index (χ4n) is 1.85.